The first-order valence-electron chi connectivity index (χ1n) is 19.5. The molecule has 10 N–H and O–H groups in total. The molecular formula is C41H56N6O14. The lowest BCUT2D eigenvalue weighted by Gasteiger charge is -2.29. The van der Waals surface area contributed by atoms with Gasteiger partial charge in [-0.25, -0.2) is 9.59 Å². The van der Waals surface area contributed by atoms with Gasteiger partial charge < -0.3 is 66.0 Å². The molecule has 0 radical (unpaired) electrons. The number of carbonyl (C=O) groups is 3. The number of aromatic hydroxyl groups is 2. The molecule has 2 amide bonds. The first-order valence-corrected chi connectivity index (χ1v) is 19.5. The molecule has 61 heavy (non-hydrogen) atoms. The highest BCUT2D eigenvalue weighted by atomic mass is 16.6. The number of nitrogen functional groups attached to an aromatic ring is 1. The van der Waals surface area contributed by atoms with Gasteiger partial charge in [0, 0.05) is 49.8 Å². The lowest BCUT2D eigenvalue weighted by molar-refractivity contribution is -0.150. The number of aromatic nitrogens is 2. The number of fused-ring (bicyclic) bond motifs is 2. The molecule has 334 valence electrons. The van der Waals surface area contributed by atoms with E-state index in [1.807, 2.05) is 6.92 Å². The summed E-state index contributed by atoms with van der Waals surface area (Å²) < 4.78 is 28.5. The number of aliphatic hydroxyl groups excluding tert-OH is 3. The molecule has 2 aromatic rings. The third kappa shape index (κ3) is 12.5. The van der Waals surface area contributed by atoms with Crippen LogP contribution in [-0.2, 0) is 39.7 Å². The molecule has 4 rings (SSSR count). The number of esters is 1. The largest absolute Gasteiger partial charge is 0.506 e. The highest BCUT2D eigenvalue weighted by Crippen LogP contribution is 2.44. The summed E-state index contributed by atoms with van der Waals surface area (Å²) in [5.74, 6) is -2.97. The second-order valence-corrected chi connectivity index (χ2v) is 15.1. The zero-order chi connectivity index (χ0) is 45.1. The molecular weight excluding hydrogens is 800 g/mol. The Balaban J connectivity index is 1.55. The van der Waals surface area contributed by atoms with Crippen molar-refractivity contribution in [2.45, 2.75) is 102 Å². The number of primary amides is 1. The zero-order valence-corrected chi connectivity index (χ0v) is 34.8. The Morgan fingerprint density at radius 3 is 2.48 bits per heavy atom. The van der Waals surface area contributed by atoms with Crippen molar-refractivity contribution in [1.82, 2.24) is 9.55 Å². The number of aliphatic imine (C=N–C) groups is 1. The van der Waals surface area contributed by atoms with Gasteiger partial charge in [-0.05, 0) is 50.7 Å². The van der Waals surface area contributed by atoms with Crippen LogP contribution in [0.15, 0.2) is 63.6 Å². The zero-order valence-electron chi connectivity index (χ0n) is 34.8. The Morgan fingerprint density at radius 2 is 1.82 bits per heavy atom. The minimum Gasteiger partial charge on any atom is -0.506 e. The highest BCUT2D eigenvalue weighted by Gasteiger charge is 2.44. The van der Waals surface area contributed by atoms with Gasteiger partial charge in [-0.1, -0.05) is 38.2 Å². The van der Waals surface area contributed by atoms with Crippen LogP contribution < -0.4 is 22.5 Å². The van der Waals surface area contributed by atoms with Crippen LogP contribution >= 0.6 is 0 Å². The normalized spacial score (nSPS) is 27.9. The third-order valence-electron chi connectivity index (χ3n) is 10.4. The van der Waals surface area contributed by atoms with Gasteiger partial charge >= 0.3 is 17.8 Å². The Labute approximate surface area is 352 Å². The number of methoxy groups -OCH3 is 2. The number of ether oxygens (including phenoxy) is 5. The van der Waals surface area contributed by atoms with Crippen LogP contribution in [0.25, 0.3) is 0 Å². The van der Waals surface area contributed by atoms with Gasteiger partial charge in [0.05, 0.1) is 24.3 Å². The fourth-order valence-corrected chi connectivity index (χ4v) is 7.04. The van der Waals surface area contributed by atoms with Crippen molar-refractivity contribution >= 4 is 41.4 Å². The number of phenolic OH excluding ortho intramolecular Hbond substituents is 2. The summed E-state index contributed by atoms with van der Waals surface area (Å²) in [7, 11) is 2.86. The van der Waals surface area contributed by atoms with Crippen LogP contribution in [0.1, 0.15) is 58.7 Å². The molecule has 1 saturated heterocycles. The summed E-state index contributed by atoms with van der Waals surface area (Å²) >= 11 is 0. The van der Waals surface area contributed by atoms with Gasteiger partial charge in [-0.3, -0.25) is 19.1 Å². The van der Waals surface area contributed by atoms with Crippen LogP contribution in [0.4, 0.5) is 22.0 Å². The van der Waals surface area contributed by atoms with Gasteiger partial charge in [0.2, 0.25) is 0 Å². The van der Waals surface area contributed by atoms with Crippen LogP contribution in [0.5, 0.6) is 11.5 Å². The fraction of sp³-hybridized carbons (Fsp3) is 0.512. The second-order valence-electron chi connectivity index (χ2n) is 15.1. The van der Waals surface area contributed by atoms with Crippen molar-refractivity contribution in [3.8, 4) is 11.5 Å². The van der Waals surface area contributed by atoms with E-state index in [1.165, 1.54) is 51.8 Å². The summed E-state index contributed by atoms with van der Waals surface area (Å²) in [6.45, 7) is 6.39. The standard InChI is InChI=1S/C41H56N6O14/c1-20-15-24-32(44-13-8-11-31(49)59-19-29-35(52)36(53)39(60-29)47-14-12-30(42)46-41(47)56)26(48)18-25(34(24)51)45-38(54)21(2)9-7-10-27(57-5)37(61-40(43)55)23(4)17-22(3)33(50)28(16-20)58-6/h7,9-10,12-14,17-18,20,22,27-29,33,35-37,39,48,50-53H,8,11,15-16,19H2,1-6H3,(H2,43,55)(H,45,54)(H2,42,46,56)/t20-,22+,27+,28+,29?,33-,35?,36?,37?,39?/m1/s1. The summed E-state index contributed by atoms with van der Waals surface area (Å²) in [4.78, 5) is 58.0. The average Bonchev–Trinajstić information content (AvgIpc) is 3.48. The lowest BCUT2D eigenvalue weighted by Crippen LogP contribution is -2.37. The number of phenols is 2. The molecule has 0 spiro atoms. The first-order chi connectivity index (χ1) is 28.9. The fourth-order valence-electron chi connectivity index (χ4n) is 7.04. The van der Waals surface area contributed by atoms with E-state index in [1.54, 1.807) is 26.0 Å². The number of hydrogen-bond donors (Lipinski definition) is 8. The van der Waals surface area contributed by atoms with Crippen LogP contribution in [0, 0.1) is 11.8 Å². The molecule has 20 heteroatoms. The molecule has 0 saturated carbocycles. The monoisotopic (exact) mass is 856 g/mol. The minimum absolute atomic E-state index is 0.00782. The van der Waals surface area contributed by atoms with E-state index in [-0.39, 0.29) is 65.7 Å². The smallest absolute Gasteiger partial charge is 0.405 e. The maximum Gasteiger partial charge on any atom is 0.405 e. The van der Waals surface area contributed by atoms with E-state index in [9.17, 15) is 44.7 Å². The Bertz CT molecular complexity index is 2070. The number of nitrogens with one attached hydrogen (secondary N) is 1. The van der Waals surface area contributed by atoms with Crippen LogP contribution in [-0.4, -0.2) is 123 Å². The minimum atomic E-state index is -1.53. The Morgan fingerprint density at radius 1 is 1.10 bits per heavy atom. The van der Waals surface area contributed by atoms with Crippen molar-refractivity contribution in [3.05, 3.63) is 69.8 Å². The number of benzene rings is 1. The SMILES string of the molecule is CO[C@H]1C=CC=C(C)C(=O)Nc2cc(O)c(N=CCCC(=O)OCC3OC(n4ccc(N)nc4=O)C(O)C3O)c(c2O)C[C@@H](C)C[C@H](OC)[C@H](O)[C@@H](C)C=C(C)C1OC(N)=O. The highest BCUT2D eigenvalue weighted by molar-refractivity contribution is 6.05. The van der Waals surface area contributed by atoms with E-state index in [4.69, 9.17) is 35.2 Å². The van der Waals surface area contributed by atoms with E-state index in [2.05, 4.69) is 15.3 Å². The first kappa shape index (κ1) is 48.0. The average molecular weight is 857 g/mol. The number of carbonyl (C=O) groups excluding carboxylic acids is 3. The maximum absolute atomic E-state index is 13.3. The Hall–Kier alpha value is -5.64. The molecule has 2 bridgehead atoms. The number of allylic oxidation sites excluding steroid dienone is 2. The van der Waals surface area contributed by atoms with Gasteiger partial charge in [-0.15, -0.1) is 0 Å². The number of nitrogens with two attached hydrogens (primary N) is 2. The van der Waals surface area contributed by atoms with Gasteiger partial charge in [-0.2, -0.15) is 4.98 Å². The molecule has 1 aromatic heterocycles. The van der Waals surface area contributed by atoms with E-state index < -0.39 is 90.9 Å². The number of aliphatic hydroxyl groups is 3. The Kier molecular flexibility index (Phi) is 17.1. The van der Waals surface area contributed by atoms with Crippen LogP contribution in [0.3, 0.4) is 0 Å². The molecule has 10 atom stereocenters. The van der Waals surface area contributed by atoms with Crippen LogP contribution in [0.2, 0.25) is 0 Å². The number of anilines is 2. The number of hydrogen-bond acceptors (Lipinski definition) is 17. The van der Waals surface area contributed by atoms with Gasteiger partial charge in [0.1, 0.15) is 54.0 Å². The lowest BCUT2D eigenvalue weighted by atomic mass is 9.87. The predicted octanol–water partition coefficient (Wildman–Crippen LogP) is 2.04. The molecule has 2 aliphatic rings. The number of rotatable bonds is 10. The van der Waals surface area contributed by atoms with E-state index >= 15 is 0 Å². The quantitative estimate of drug-likeness (QED) is 0.0557. The van der Waals surface area contributed by atoms with E-state index in [0.29, 0.717) is 5.57 Å². The summed E-state index contributed by atoms with van der Waals surface area (Å²) in [6, 6.07) is 2.46. The molecule has 20 nitrogen and oxygen atoms in total. The molecule has 3 heterocycles. The van der Waals surface area contributed by atoms with Crippen molar-refractivity contribution in [3.63, 3.8) is 0 Å². The van der Waals surface area contributed by atoms with Crippen molar-refractivity contribution in [2.75, 3.05) is 31.9 Å². The predicted molar refractivity (Wildman–Crippen MR) is 221 cm³/mol. The number of amides is 2. The molecule has 0 aliphatic carbocycles. The maximum atomic E-state index is 13.3. The topological polar surface area (TPSA) is 310 Å². The molecule has 5 unspecified atom stereocenters. The summed E-state index contributed by atoms with van der Waals surface area (Å²) in [5, 5.41) is 57.8. The van der Waals surface area contributed by atoms with Crippen molar-refractivity contribution < 1.29 is 63.6 Å². The second kappa shape index (κ2) is 21.7. The number of nitrogens with zero attached hydrogens (tertiary/aromatic N) is 3. The van der Waals surface area contributed by atoms with E-state index in [0.717, 1.165) is 10.6 Å². The molecule has 1 aromatic carbocycles. The summed E-state index contributed by atoms with van der Waals surface area (Å²) in [6.07, 6.45) is -1.07. The van der Waals surface area contributed by atoms with Crippen molar-refractivity contribution in [2.24, 2.45) is 22.6 Å². The third-order valence-corrected chi connectivity index (χ3v) is 10.4. The van der Waals surface area contributed by atoms with Crippen molar-refractivity contribution in [1.29, 1.82) is 0 Å². The van der Waals surface area contributed by atoms with Gasteiger partial charge in [0.25, 0.3) is 5.91 Å². The summed E-state index contributed by atoms with van der Waals surface area (Å²) in [5.41, 5.74) is 10.9. The molecule has 1 fully saturated rings. The molecule has 2 aliphatic heterocycles. The van der Waals surface area contributed by atoms with Gasteiger partial charge in [0.15, 0.2) is 12.3 Å².